The normalized spacial score (nSPS) is 12.8. The third-order valence-corrected chi connectivity index (χ3v) is 5.37. The van der Waals surface area contributed by atoms with Gasteiger partial charge in [0.2, 0.25) is 11.1 Å². The van der Waals surface area contributed by atoms with Crippen LogP contribution >= 0.6 is 11.8 Å². The Balaban J connectivity index is 1.36. The van der Waals surface area contributed by atoms with E-state index in [0.717, 1.165) is 12.1 Å². The smallest absolute Gasteiger partial charge is 0.237 e. The number of carbonyl (C=O) groups excluding carboxylic acids is 1. The second-order valence-corrected chi connectivity index (χ2v) is 7.14. The summed E-state index contributed by atoms with van der Waals surface area (Å²) in [6.07, 6.45) is 0.858. The predicted octanol–water partition coefficient (Wildman–Crippen LogP) is 2.39. The van der Waals surface area contributed by atoms with Gasteiger partial charge in [0.15, 0.2) is 17.4 Å². The van der Waals surface area contributed by atoms with Crippen LogP contribution < -0.4 is 15.5 Å². The Bertz CT molecular complexity index is 1010. The number of hydrogen-bond donors (Lipinski definition) is 1. The van der Waals surface area contributed by atoms with Crippen molar-refractivity contribution in [2.45, 2.75) is 18.2 Å². The molecule has 9 heteroatoms. The molecule has 0 saturated heterocycles. The van der Waals surface area contributed by atoms with Crippen LogP contribution in [-0.4, -0.2) is 33.1 Å². The highest BCUT2D eigenvalue weighted by molar-refractivity contribution is 7.99. The summed E-state index contributed by atoms with van der Waals surface area (Å²) in [6, 6.07) is 14.0. The molecule has 1 aliphatic rings. The highest BCUT2D eigenvalue weighted by Crippen LogP contribution is 2.28. The van der Waals surface area contributed by atoms with Crippen LogP contribution in [0.1, 0.15) is 11.4 Å². The largest absolute Gasteiger partial charge is 0.482 e. The summed E-state index contributed by atoms with van der Waals surface area (Å²) in [5.41, 5.74) is 2.14. The number of ether oxygens (including phenoxy) is 1. The highest BCUT2D eigenvalue weighted by atomic mass is 32.2. The van der Waals surface area contributed by atoms with Crippen LogP contribution in [0.3, 0.4) is 0 Å². The van der Waals surface area contributed by atoms with Gasteiger partial charge in [-0.25, -0.2) is 9.07 Å². The summed E-state index contributed by atoms with van der Waals surface area (Å²) in [6.45, 7) is 0.647. The average molecular weight is 399 g/mol. The fraction of sp³-hybridized carbons (Fsp3) is 0.211. The summed E-state index contributed by atoms with van der Waals surface area (Å²) in [7, 11) is 0. The summed E-state index contributed by atoms with van der Waals surface area (Å²) >= 11 is 1.21. The monoisotopic (exact) mass is 399 g/mol. The molecule has 2 heterocycles. The third-order valence-electron chi connectivity index (χ3n) is 4.44. The molecule has 1 amide bonds. The quantitative estimate of drug-likeness (QED) is 0.506. The van der Waals surface area contributed by atoms with E-state index in [2.05, 4.69) is 10.2 Å². The van der Waals surface area contributed by atoms with E-state index in [4.69, 9.17) is 10.6 Å². The molecule has 144 valence electrons. The minimum Gasteiger partial charge on any atom is -0.482 e. The number of rotatable bonds is 6. The lowest BCUT2D eigenvalue weighted by atomic mass is 10.2. The van der Waals surface area contributed by atoms with Crippen molar-refractivity contribution < 1.29 is 13.9 Å². The molecule has 4 rings (SSSR count). The van der Waals surface area contributed by atoms with Gasteiger partial charge in [-0.05, 0) is 30.2 Å². The number of para-hydroxylation sites is 2. The Morgan fingerprint density at radius 1 is 1.18 bits per heavy atom. The first-order valence-electron chi connectivity index (χ1n) is 8.71. The molecular formula is C19H18FN5O2S. The van der Waals surface area contributed by atoms with Crippen LogP contribution in [0.4, 0.5) is 10.1 Å². The first-order chi connectivity index (χ1) is 13.6. The van der Waals surface area contributed by atoms with E-state index in [-0.39, 0.29) is 24.0 Å². The molecule has 0 bridgehead atoms. The number of amides is 1. The second kappa shape index (κ2) is 7.89. The summed E-state index contributed by atoms with van der Waals surface area (Å²) in [5.74, 6) is 6.16. The Hall–Kier alpha value is -3.07. The zero-order valence-electron chi connectivity index (χ0n) is 14.9. The number of nitrogens with zero attached hydrogens (tertiary/aromatic N) is 4. The van der Waals surface area contributed by atoms with E-state index >= 15 is 0 Å². The fourth-order valence-corrected chi connectivity index (χ4v) is 3.76. The van der Waals surface area contributed by atoms with Gasteiger partial charge in [0.25, 0.3) is 0 Å². The lowest BCUT2D eigenvalue weighted by Gasteiger charge is -2.16. The number of aromatic nitrogens is 3. The van der Waals surface area contributed by atoms with E-state index in [9.17, 15) is 9.18 Å². The topological polar surface area (TPSA) is 86.3 Å². The van der Waals surface area contributed by atoms with E-state index in [0.29, 0.717) is 17.5 Å². The molecule has 1 aliphatic heterocycles. The van der Waals surface area contributed by atoms with E-state index in [1.54, 1.807) is 17.0 Å². The van der Waals surface area contributed by atoms with Gasteiger partial charge in [0.05, 0.1) is 5.75 Å². The molecule has 0 spiro atoms. The Labute approximate surface area is 165 Å². The molecule has 0 atom stereocenters. The maximum Gasteiger partial charge on any atom is 0.237 e. The van der Waals surface area contributed by atoms with Crippen molar-refractivity contribution in [1.29, 1.82) is 0 Å². The number of halogens is 1. The van der Waals surface area contributed by atoms with Crippen LogP contribution in [0.2, 0.25) is 0 Å². The van der Waals surface area contributed by atoms with Crippen LogP contribution in [0, 0.1) is 5.82 Å². The molecule has 2 N–H and O–H groups in total. The van der Waals surface area contributed by atoms with Crippen LogP contribution in [-0.2, 0) is 17.8 Å². The van der Waals surface area contributed by atoms with E-state index in [1.165, 1.54) is 34.1 Å². The maximum atomic E-state index is 13.6. The van der Waals surface area contributed by atoms with Gasteiger partial charge < -0.3 is 15.5 Å². The lowest BCUT2D eigenvalue weighted by molar-refractivity contribution is -0.116. The molecule has 0 unspecified atom stereocenters. The highest BCUT2D eigenvalue weighted by Gasteiger charge is 2.24. The van der Waals surface area contributed by atoms with Crippen molar-refractivity contribution in [3.8, 4) is 5.75 Å². The van der Waals surface area contributed by atoms with Gasteiger partial charge in [0.1, 0.15) is 6.61 Å². The molecular weight excluding hydrogens is 381 g/mol. The van der Waals surface area contributed by atoms with Crippen molar-refractivity contribution in [1.82, 2.24) is 14.9 Å². The van der Waals surface area contributed by atoms with Gasteiger partial charge in [-0.3, -0.25) is 4.79 Å². The van der Waals surface area contributed by atoms with Crippen LogP contribution in [0.25, 0.3) is 0 Å². The number of nitrogen functional groups attached to an aromatic ring is 1. The SMILES string of the molecule is Nn1c(COc2ccccc2F)nnc1SCC(=O)N1CCc2ccccc21. The molecule has 0 saturated carbocycles. The predicted molar refractivity (Wildman–Crippen MR) is 104 cm³/mol. The number of carbonyl (C=O) groups is 1. The standard InChI is InChI=1S/C19H18FN5O2S/c20-14-6-2-4-8-16(14)27-11-17-22-23-19(25(17)21)28-12-18(26)24-10-9-13-5-1-3-7-15(13)24/h1-8H,9-12,21H2. The lowest BCUT2D eigenvalue weighted by Crippen LogP contribution is -2.30. The van der Waals surface area contributed by atoms with Crippen molar-refractivity contribution in [3.63, 3.8) is 0 Å². The number of nitrogens with two attached hydrogens (primary N) is 1. The molecule has 1 aromatic heterocycles. The molecule has 7 nitrogen and oxygen atoms in total. The maximum absolute atomic E-state index is 13.6. The van der Waals surface area contributed by atoms with Crippen molar-refractivity contribution >= 4 is 23.4 Å². The van der Waals surface area contributed by atoms with Gasteiger partial charge in [0, 0.05) is 12.2 Å². The third kappa shape index (κ3) is 3.65. The summed E-state index contributed by atoms with van der Waals surface area (Å²) < 4.78 is 20.3. The zero-order valence-corrected chi connectivity index (χ0v) is 15.7. The minimum atomic E-state index is -0.461. The molecule has 0 fully saturated rings. The molecule has 28 heavy (non-hydrogen) atoms. The number of fused-ring (bicyclic) bond motifs is 1. The Morgan fingerprint density at radius 2 is 1.96 bits per heavy atom. The van der Waals surface area contributed by atoms with E-state index < -0.39 is 5.82 Å². The summed E-state index contributed by atoms with van der Waals surface area (Å²) in [4.78, 5) is 14.4. The molecule has 3 aromatic rings. The van der Waals surface area contributed by atoms with Crippen molar-refractivity contribution in [2.75, 3.05) is 23.0 Å². The van der Waals surface area contributed by atoms with Crippen molar-refractivity contribution in [2.24, 2.45) is 0 Å². The van der Waals surface area contributed by atoms with Crippen LogP contribution in [0.15, 0.2) is 53.7 Å². The Kier molecular flexibility index (Phi) is 5.16. The summed E-state index contributed by atoms with van der Waals surface area (Å²) in [5, 5.41) is 8.36. The fourth-order valence-electron chi connectivity index (χ4n) is 3.01. The Morgan fingerprint density at radius 3 is 2.82 bits per heavy atom. The van der Waals surface area contributed by atoms with Gasteiger partial charge in [-0.1, -0.05) is 42.1 Å². The van der Waals surface area contributed by atoms with Gasteiger partial charge in [-0.15, -0.1) is 10.2 Å². The zero-order chi connectivity index (χ0) is 19.5. The van der Waals surface area contributed by atoms with Crippen molar-refractivity contribution in [3.05, 3.63) is 65.7 Å². The number of hydrogen-bond acceptors (Lipinski definition) is 6. The van der Waals surface area contributed by atoms with E-state index in [1.807, 2.05) is 24.3 Å². The molecule has 0 aliphatic carbocycles. The first kappa shape index (κ1) is 18.3. The number of anilines is 1. The number of thioether (sulfide) groups is 1. The average Bonchev–Trinajstić information content (AvgIpc) is 3.29. The van der Waals surface area contributed by atoms with Crippen LogP contribution in [0.5, 0.6) is 5.75 Å². The second-order valence-electron chi connectivity index (χ2n) is 6.20. The molecule has 0 radical (unpaired) electrons. The molecule has 2 aromatic carbocycles. The first-order valence-corrected chi connectivity index (χ1v) is 9.70. The van der Waals surface area contributed by atoms with Gasteiger partial charge >= 0.3 is 0 Å². The number of benzene rings is 2. The minimum absolute atomic E-state index is 0.0119. The van der Waals surface area contributed by atoms with Gasteiger partial charge in [-0.2, -0.15) is 0 Å².